The summed E-state index contributed by atoms with van der Waals surface area (Å²) in [5.41, 5.74) is 4.90. The van der Waals surface area contributed by atoms with E-state index < -0.39 is 0 Å². The predicted molar refractivity (Wildman–Crippen MR) is 94.5 cm³/mol. The fourth-order valence-electron chi connectivity index (χ4n) is 2.54. The quantitative estimate of drug-likeness (QED) is 0.802. The van der Waals surface area contributed by atoms with Crippen LogP contribution in [-0.2, 0) is 6.42 Å². The summed E-state index contributed by atoms with van der Waals surface area (Å²) in [6, 6.07) is 15.4. The van der Waals surface area contributed by atoms with E-state index in [1.54, 1.807) is 6.07 Å². The van der Waals surface area contributed by atoms with Crippen LogP contribution >= 0.6 is 0 Å². The Morgan fingerprint density at radius 1 is 1.35 bits per heavy atom. The van der Waals surface area contributed by atoms with Gasteiger partial charge in [-0.1, -0.05) is 43.8 Å². The molecule has 2 aromatic carbocycles. The molecule has 0 fully saturated rings. The second-order valence-electron chi connectivity index (χ2n) is 5.43. The molecule has 0 aliphatic rings. The Labute approximate surface area is 137 Å². The summed E-state index contributed by atoms with van der Waals surface area (Å²) in [6.07, 6.45) is 1.68. The van der Waals surface area contributed by atoms with Gasteiger partial charge >= 0.3 is 0 Å². The van der Waals surface area contributed by atoms with Crippen molar-refractivity contribution in [2.24, 2.45) is 0 Å². The normalized spacial score (nSPS) is 11.3. The minimum atomic E-state index is -0.0601. The Morgan fingerprint density at radius 3 is 2.74 bits per heavy atom. The van der Waals surface area contributed by atoms with Crippen LogP contribution < -0.4 is 5.32 Å². The molecular weight excluding hydrogens is 284 g/mol. The first-order valence-corrected chi connectivity index (χ1v) is 7.63. The zero-order chi connectivity index (χ0) is 16.8. The topological polar surface area (TPSA) is 52.9 Å². The molecule has 23 heavy (non-hydrogen) atoms. The predicted octanol–water partition coefficient (Wildman–Crippen LogP) is 4.45. The highest BCUT2D eigenvalue weighted by Gasteiger charge is 2.12. The van der Waals surface area contributed by atoms with E-state index in [1.807, 2.05) is 50.2 Å². The number of carbonyl (C=O) groups excluding carboxylic acids is 1. The number of rotatable bonds is 6. The van der Waals surface area contributed by atoms with Crippen LogP contribution in [0.2, 0.25) is 0 Å². The van der Waals surface area contributed by atoms with Gasteiger partial charge < -0.3 is 5.32 Å². The summed E-state index contributed by atoms with van der Waals surface area (Å²) < 4.78 is 0. The SMILES string of the molecule is C=C(c1ccccc1C=O)C(C)Nc1ccc(CC)c(C#N)c1. The zero-order valence-electron chi connectivity index (χ0n) is 13.5. The molecule has 1 atom stereocenters. The first-order chi connectivity index (χ1) is 11.1. The lowest BCUT2D eigenvalue weighted by Crippen LogP contribution is -2.17. The van der Waals surface area contributed by atoms with E-state index in [2.05, 4.69) is 18.0 Å². The van der Waals surface area contributed by atoms with E-state index in [4.69, 9.17) is 0 Å². The average Bonchev–Trinajstić information content (AvgIpc) is 2.60. The van der Waals surface area contributed by atoms with Crippen molar-refractivity contribution in [1.82, 2.24) is 0 Å². The number of nitrogens with zero attached hydrogens (tertiary/aromatic N) is 1. The molecule has 0 aromatic heterocycles. The van der Waals surface area contributed by atoms with Crippen LogP contribution in [0, 0.1) is 11.3 Å². The van der Waals surface area contributed by atoms with Crippen molar-refractivity contribution in [3.63, 3.8) is 0 Å². The smallest absolute Gasteiger partial charge is 0.150 e. The molecule has 2 aromatic rings. The number of carbonyl (C=O) groups is 1. The summed E-state index contributed by atoms with van der Waals surface area (Å²) >= 11 is 0. The molecular formula is C20H20N2O. The van der Waals surface area contributed by atoms with Crippen molar-refractivity contribution in [3.8, 4) is 6.07 Å². The maximum absolute atomic E-state index is 11.2. The summed E-state index contributed by atoms with van der Waals surface area (Å²) in [4.78, 5) is 11.2. The number of anilines is 1. The molecule has 0 amide bonds. The van der Waals surface area contributed by atoms with Gasteiger partial charge in [-0.3, -0.25) is 4.79 Å². The summed E-state index contributed by atoms with van der Waals surface area (Å²) in [6.45, 7) is 8.14. The minimum Gasteiger partial charge on any atom is -0.378 e. The lowest BCUT2D eigenvalue weighted by Gasteiger charge is -2.20. The van der Waals surface area contributed by atoms with E-state index in [1.165, 1.54) is 0 Å². The molecule has 3 heteroatoms. The summed E-state index contributed by atoms with van der Waals surface area (Å²) in [5, 5.41) is 12.6. The van der Waals surface area contributed by atoms with E-state index in [-0.39, 0.29) is 6.04 Å². The second-order valence-corrected chi connectivity index (χ2v) is 5.43. The highest BCUT2D eigenvalue weighted by molar-refractivity contribution is 5.86. The van der Waals surface area contributed by atoms with Crippen LogP contribution in [-0.4, -0.2) is 12.3 Å². The fourth-order valence-corrected chi connectivity index (χ4v) is 2.54. The maximum atomic E-state index is 11.2. The largest absolute Gasteiger partial charge is 0.378 e. The number of aryl methyl sites for hydroxylation is 1. The molecule has 0 radical (unpaired) electrons. The van der Waals surface area contributed by atoms with Crippen molar-refractivity contribution in [2.75, 3.05) is 5.32 Å². The number of nitriles is 1. The third-order valence-corrected chi connectivity index (χ3v) is 3.95. The second kappa shape index (κ2) is 7.42. The highest BCUT2D eigenvalue weighted by Crippen LogP contribution is 2.23. The maximum Gasteiger partial charge on any atom is 0.150 e. The molecule has 0 bridgehead atoms. The highest BCUT2D eigenvalue weighted by atomic mass is 16.1. The first-order valence-electron chi connectivity index (χ1n) is 7.63. The van der Waals surface area contributed by atoms with Crippen LogP contribution in [0.3, 0.4) is 0 Å². The molecule has 0 heterocycles. The van der Waals surface area contributed by atoms with Gasteiger partial charge in [-0.15, -0.1) is 0 Å². The van der Waals surface area contributed by atoms with Gasteiger partial charge in [0.1, 0.15) is 0 Å². The lowest BCUT2D eigenvalue weighted by molar-refractivity contribution is 0.112. The molecule has 0 saturated carbocycles. The van der Waals surface area contributed by atoms with Gasteiger partial charge in [-0.2, -0.15) is 5.26 Å². The Bertz CT molecular complexity index is 771. The number of hydrogen-bond donors (Lipinski definition) is 1. The summed E-state index contributed by atoms with van der Waals surface area (Å²) in [5.74, 6) is 0. The Balaban J connectivity index is 2.22. The van der Waals surface area contributed by atoms with Gasteiger partial charge in [0, 0.05) is 17.3 Å². The van der Waals surface area contributed by atoms with Crippen molar-refractivity contribution in [3.05, 3.63) is 71.3 Å². The van der Waals surface area contributed by atoms with E-state index in [0.29, 0.717) is 11.1 Å². The van der Waals surface area contributed by atoms with Gasteiger partial charge in [-0.25, -0.2) is 0 Å². The molecule has 0 saturated heterocycles. The molecule has 3 nitrogen and oxygen atoms in total. The standard InChI is InChI=1S/C20H20N2O/c1-4-16-9-10-19(11-18(16)12-21)22-15(3)14(2)20-8-6-5-7-17(20)13-23/h5-11,13,15,22H,2,4H2,1,3H3. The molecule has 0 aliphatic carbocycles. The van der Waals surface area contributed by atoms with E-state index in [0.717, 1.165) is 35.1 Å². The van der Waals surface area contributed by atoms with Gasteiger partial charge in [0.05, 0.1) is 11.6 Å². The van der Waals surface area contributed by atoms with E-state index in [9.17, 15) is 10.1 Å². The Hall–Kier alpha value is -2.86. The number of hydrogen-bond acceptors (Lipinski definition) is 3. The first kappa shape index (κ1) is 16.5. The number of benzene rings is 2. The zero-order valence-corrected chi connectivity index (χ0v) is 13.5. The number of aldehydes is 1. The van der Waals surface area contributed by atoms with Gasteiger partial charge in [0.2, 0.25) is 0 Å². The minimum absolute atomic E-state index is 0.0601. The summed E-state index contributed by atoms with van der Waals surface area (Å²) in [7, 11) is 0. The van der Waals surface area contributed by atoms with Gasteiger partial charge in [-0.05, 0) is 42.2 Å². The van der Waals surface area contributed by atoms with Gasteiger partial charge in [0.15, 0.2) is 6.29 Å². The van der Waals surface area contributed by atoms with Crippen LogP contribution in [0.25, 0.3) is 5.57 Å². The third-order valence-electron chi connectivity index (χ3n) is 3.95. The van der Waals surface area contributed by atoms with Crippen LogP contribution in [0.5, 0.6) is 0 Å². The molecule has 0 spiro atoms. The van der Waals surface area contributed by atoms with Crippen molar-refractivity contribution < 1.29 is 4.79 Å². The number of nitrogens with one attached hydrogen (secondary N) is 1. The molecule has 1 N–H and O–H groups in total. The third kappa shape index (κ3) is 3.67. The molecule has 2 rings (SSSR count). The van der Waals surface area contributed by atoms with Crippen molar-refractivity contribution in [2.45, 2.75) is 26.3 Å². The monoisotopic (exact) mass is 304 g/mol. The molecule has 0 aliphatic heterocycles. The molecule has 1 unspecified atom stereocenters. The van der Waals surface area contributed by atoms with E-state index >= 15 is 0 Å². The fraction of sp³-hybridized carbons (Fsp3) is 0.200. The lowest BCUT2D eigenvalue weighted by atomic mass is 9.96. The average molecular weight is 304 g/mol. The van der Waals surface area contributed by atoms with Crippen molar-refractivity contribution in [1.29, 1.82) is 5.26 Å². The van der Waals surface area contributed by atoms with Crippen LogP contribution in [0.4, 0.5) is 5.69 Å². The van der Waals surface area contributed by atoms with Crippen LogP contribution in [0.15, 0.2) is 49.0 Å². The molecule has 116 valence electrons. The Kier molecular flexibility index (Phi) is 5.32. The van der Waals surface area contributed by atoms with Crippen LogP contribution in [0.1, 0.15) is 40.9 Å². The van der Waals surface area contributed by atoms with Crippen molar-refractivity contribution >= 4 is 17.5 Å². The Morgan fingerprint density at radius 2 is 2.09 bits per heavy atom. The van der Waals surface area contributed by atoms with Gasteiger partial charge in [0.25, 0.3) is 0 Å².